The van der Waals surface area contributed by atoms with Crippen molar-refractivity contribution in [3.8, 4) is 0 Å². The maximum absolute atomic E-state index is 12.9. The molecular formula is C21H21FN4O2. The predicted molar refractivity (Wildman–Crippen MR) is 106 cm³/mol. The lowest BCUT2D eigenvalue weighted by molar-refractivity contribution is 0.0526. The fraction of sp³-hybridized carbons (Fsp3) is 0.190. The molecule has 1 heterocycles. The molecule has 28 heavy (non-hydrogen) atoms. The summed E-state index contributed by atoms with van der Waals surface area (Å²) in [6.45, 7) is 2.74. The Hall–Kier alpha value is -3.48. The maximum Gasteiger partial charge on any atom is 0.338 e. The van der Waals surface area contributed by atoms with Crippen molar-refractivity contribution in [3.05, 3.63) is 77.7 Å². The summed E-state index contributed by atoms with van der Waals surface area (Å²) >= 11 is 0. The second-order valence-electron chi connectivity index (χ2n) is 5.99. The number of ether oxygens (including phenoxy) is 1. The van der Waals surface area contributed by atoms with Crippen LogP contribution in [-0.2, 0) is 11.2 Å². The van der Waals surface area contributed by atoms with Crippen LogP contribution in [0.3, 0.4) is 0 Å². The number of nitrogens with one attached hydrogen (secondary N) is 2. The SMILES string of the molecule is CCOC(=O)c1ccc(Nc2ccnc(NCCc3ccc(F)cc3)n2)cc1. The Balaban J connectivity index is 1.55. The normalized spacial score (nSPS) is 10.4. The highest BCUT2D eigenvalue weighted by Crippen LogP contribution is 2.16. The van der Waals surface area contributed by atoms with Gasteiger partial charge in [-0.15, -0.1) is 0 Å². The van der Waals surface area contributed by atoms with Gasteiger partial charge in [-0.3, -0.25) is 0 Å². The summed E-state index contributed by atoms with van der Waals surface area (Å²) in [5.41, 5.74) is 2.33. The summed E-state index contributed by atoms with van der Waals surface area (Å²) in [5.74, 6) is 0.538. The Morgan fingerprint density at radius 1 is 1.07 bits per heavy atom. The van der Waals surface area contributed by atoms with Crippen molar-refractivity contribution < 1.29 is 13.9 Å². The molecule has 0 amide bonds. The van der Waals surface area contributed by atoms with E-state index in [0.717, 1.165) is 17.7 Å². The minimum Gasteiger partial charge on any atom is -0.462 e. The quantitative estimate of drug-likeness (QED) is 0.571. The van der Waals surface area contributed by atoms with Crippen molar-refractivity contribution >= 4 is 23.4 Å². The molecule has 0 atom stereocenters. The van der Waals surface area contributed by atoms with Crippen molar-refractivity contribution in [2.75, 3.05) is 23.8 Å². The van der Waals surface area contributed by atoms with Crippen molar-refractivity contribution in [2.45, 2.75) is 13.3 Å². The van der Waals surface area contributed by atoms with E-state index >= 15 is 0 Å². The van der Waals surface area contributed by atoms with E-state index in [2.05, 4.69) is 20.6 Å². The maximum atomic E-state index is 12.9. The number of carbonyl (C=O) groups is 1. The van der Waals surface area contributed by atoms with Crippen LogP contribution in [0.25, 0.3) is 0 Å². The van der Waals surface area contributed by atoms with Gasteiger partial charge in [-0.2, -0.15) is 4.98 Å². The average molecular weight is 380 g/mol. The highest BCUT2D eigenvalue weighted by atomic mass is 19.1. The first kappa shape index (κ1) is 19.3. The Morgan fingerprint density at radius 2 is 1.82 bits per heavy atom. The molecule has 2 N–H and O–H groups in total. The molecule has 1 aromatic heterocycles. The molecule has 7 heteroatoms. The number of halogens is 1. The van der Waals surface area contributed by atoms with Crippen LogP contribution in [0.1, 0.15) is 22.8 Å². The van der Waals surface area contributed by atoms with E-state index in [4.69, 9.17) is 4.74 Å². The molecule has 0 bridgehead atoms. The monoisotopic (exact) mass is 380 g/mol. The highest BCUT2D eigenvalue weighted by Gasteiger charge is 2.06. The zero-order chi connectivity index (χ0) is 19.8. The topological polar surface area (TPSA) is 76.1 Å². The molecule has 0 fully saturated rings. The number of anilines is 3. The molecule has 2 aromatic carbocycles. The Morgan fingerprint density at radius 3 is 2.54 bits per heavy atom. The third-order valence-electron chi connectivity index (χ3n) is 3.93. The van der Waals surface area contributed by atoms with Crippen LogP contribution in [-0.4, -0.2) is 29.1 Å². The average Bonchev–Trinajstić information content (AvgIpc) is 2.71. The Bertz CT molecular complexity index is 914. The molecule has 3 rings (SSSR count). The van der Waals surface area contributed by atoms with Crippen molar-refractivity contribution in [1.82, 2.24) is 9.97 Å². The first-order chi connectivity index (χ1) is 13.6. The molecule has 3 aromatic rings. The van der Waals surface area contributed by atoms with E-state index in [9.17, 15) is 9.18 Å². The predicted octanol–water partition coefficient (Wildman–Crippen LogP) is 4.19. The molecule has 0 saturated carbocycles. The van der Waals surface area contributed by atoms with Gasteiger partial charge in [0.25, 0.3) is 0 Å². The molecule has 0 unspecified atom stereocenters. The van der Waals surface area contributed by atoms with E-state index in [-0.39, 0.29) is 11.8 Å². The largest absolute Gasteiger partial charge is 0.462 e. The van der Waals surface area contributed by atoms with Gasteiger partial charge in [-0.1, -0.05) is 12.1 Å². The summed E-state index contributed by atoms with van der Waals surface area (Å²) in [6, 6.07) is 15.1. The van der Waals surface area contributed by atoms with E-state index in [1.807, 2.05) is 0 Å². The van der Waals surface area contributed by atoms with Gasteiger partial charge in [-0.25, -0.2) is 14.2 Å². The summed E-state index contributed by atoms with van der Waals surface area (Å²) in [7, 11) is 0. The number of esters is 1. The number of hydrogen-bond donors (Lipinski definition) is 2. The second-order valence-corrected chi connectivity index (χ2v) is 5.99. The van der Waals surface area contributed by atoms with Crippen LogP contribution < -0.4 is 10.6 Å². The molecule has 0 spiro atoms. The minimum atomic E-state index is -0.344. The van der Waals surface area contributed by atoms with Gasteiger partial charge in [0, 0.05) is 18.4 Å². The van der Waals surface area contributed by atoms with Gasteiger partial charge >= 0.3 is 5.97 Å². The van der Waals surface area contributed by atoms with E-state index in [1.54, 1.807) is 55.6 Å². The summed E-state index contributed by atoms with van der Waals surface area (Å²) < 4.78 is 17.9. The number of nitrogens with zero attached hydrogens (tertiary/aromatic N) is 2. The number of benzene rings is 2. The highest BCUT2D eigenvalue weighted by molar-refractivity contribution is 5.89. The van der Waals surface area contributed by atoms with E-state index in [0.29, 0.717) is 30.5 Å². The standard InChI is InChI=1S/C21H21FN4O2/c1-2-28-20(27)16-5-9-18(10-6-16)25-19-12-14-24-21(26-19)23-13-11-15-3-7-17(22)8-4-15/h3-10,12,14H,2,11,13H2,1H3,(H2,23,24,25,26). The van der Waals surface area contributed by atoms with Gasteiger partial charge in [-0.05, 0) is 61.4 Å². The van der Waals surface area contributed by atoms with Gasteiger partial charge in [0.15, 0.2) is 0 Å². The van der Waals surface area contributed by atoms with Crippen LogP contribution in [0.15, 0.2) is 60.8 Å². The molecule has 0 aliphatic heterocycles. The molecule has 0 radical (unpaired) electrons. The van der Waals surface area contributed by atoms with E-state index in [1.165, 1.54) is 12.1 Å². The smallest absolute Gasteiger partial charge is 0.338 e. The van der Waals surface area contributed by atoms with Gasteiger partial charge in [0.1, 0.15) is 11.6 Å². The molecule has 6 nitrogen and oxygen atoms in total. The van der Waals surface area contributed by atoms with E-state index < -0.39 is 0 Å². The van der Waals surface area contributed by atoms with Gasteiger partial charge < -0.3 is 15.4 Å². The van der Waals surface area contributed by atoms with Crippen molar-refractivity contribution in [2.24, 2.45) is 0 Å². The number of carbonyl (C=O) groups excluding carboxylic acids is 1. The lowest BCUT2D eigenvalue weighted by atomic mass is 10.1. The fourth-order valence-electron chi connectivity index (χ4n) is 2.54. The summed E-state index contributed by atoms with van der Waals surface area (Å²) in [4.78, 5) is 20.3. The number of rotatable bonds is 8. The zero-order valence-electron chi connectivity index (χ0n) is 15.5. The minimum absolute atomic E-state index is 0.242. The molecule has 0 saturated heterocycles. The Labute approximate surface area is 162 Å². The summed E-state index contributed by atoms with van der Waals surface area (Å²) in [6.07, 6.45) is 2.39. The van der Waals surface area contributed by atoms with Crippen LogP contribution in [0, 0.1) is 5.82 Å². The van der Waals surface area contributed by atoms with Crippen LogP contribution in [0.4, 0.5) is 21.8 Å². The van der Waals surface area contributed by atoms with Crippen molar-refractivity contribution in [3.63, 3.8) is 0 Å². The number of hydrogen-bond acceptors (Lipinski definition) is 6. The molecule has 144 valence electrons. The zero-order valence-corrected chi connectivity index (χ0v) is 15.5. The van der Waals surface area contributed by atoms with Crippen LogP contribution in [0.5, 0.6) is 0 Å². The van der Waals surface area contributed by atoms with Gasteiger partial charge in [0.05, 0.1) is 12.2 Å². The molecule has 0 aliphatic rings. The summed E-state index contributed by atoms with van der Waals surface area (Å²) in [5, 5.41) is 6.33. The first-order valence-corrected chi connectivity index (χ1v) is 8.99. The van der Waals surface area contributed by atoms with Crippen molar-refractivity contribution in [1.29, 1.82) is 0 Å². The lowest BCUT2D eigenvalue weighted by Crippen LogP contribution is -2.08. The third kappa shape index (κ3) is 5.51. The first-order valence-electron chi connectivity index (χ1n) is 8.99. The second kappa shape index (κ2) is 9.45. The lowest BCUT2D eigenvalue weighted by Gasteiger charge is -2.09. The van der Waals surface area contributed by atoms with Crippen LogP contribution >= 0.6 is 0 Å². The number of aromatic nitrogens is 2. The molecule has 0 aliphatic carbocycles. The fourth-order valence-corrected chi connectivity index (χ4v) is 2.54. The van der Waals surface area contributed by atoms with Crippen LogP contribution in [0.2, 0.25) is 0 Å². The molecular weight excluding hydrogens is 359 g/mol. The third-order valence-corrected chi connectivity index (χ3v) is 3.93. The Kier molecular flexibility index (Phi) is 6.51. The van der Waals surface area contributed by atoms with Gasteiger partial charge in [0.2, 0.25) is 5.95 Å².